The van der Waals surface area contributed by atoms with Gasteiger partial charge in [0.05, 0.1) is 10.0 Å². The molecule has 2 heterocycles. The van der Waals surface area contributed by atoms with Crippen molar-refractivity contribution in [3.63, 3.8) is 0 Å². The maximum Gasteiger partial charge on any atom is 0.194 e. The van der Waals surface area contributed by atoms with E-state index in [0.717, 1.165) is 56.2 Å². The van der Waals surface area contributed by atoms with Crippen LogP contribution in [0.2, 0.25) is 10.0 Å². The highest BCUT2D eigenvalue weighted by atomic mass is 35.5. The molecule has 0 saturated carbocycles. The fraction of sp³-hybridized carbons (Fsp3) is 0.207. The summed E-state index contributed by atoms with van der Waals surface area (Å²) in [4.78, 5) is 23.3. The van der Waals surface area contributed by atoms with Gasteiger partial charge in [-0.3, -0.25) is 14.8 Å². The highest BCUT2D eigenvalue weighted by Crippen LogP contribution is 2.38. The van der Waals surface area contributed by atoms with Crippen LogP contribution in [0.3, 0.4) is 0 Å². The second-order valence-electron chi connectivity index (χ2n) is 8.84. The van der Waals surface area contributed by atoms with Crippen LogP contribution < -0.4 is 0 Å². The maximum absolute atomic E-state index is 14.1. The van der Waals surface area contributed by atoms with E-state index in [2.05, 4.69) is 9.97 Å². The summed E-state index contributed by atoms with van der Waals surface area (Å²) in [5.74, 6) is -0.0999. The molecule has 0 bridgehead atoms. The number of rotatable bonds is 4. The fourth-order valence-corrected chi connectivity index (χ4v) is 5.27. The van der Waals surface area contributed by atoms with Gasteiger partial charge in [0.25, 0.3) is 0 Å². The topological polar surface area (TPSA) is 42.9 Å². The smallest absolute Gasteiger partial charge is 0.194 e. The minimum Gasteiger partial charge on any atom is -0.289 e. The lowest BCUT2D eigenvalue weighted by molar-refractivity contribution is 0.104. The van der Waals surface area contributed by atoms with E-state index in [1.165, 1.54) is 0 Å². The second kappa shape index (κ2) is 9.32. The van der Waals surface area contributed by atoms with Crippen molar-refractivity contribution in [3.05, 3.63) is 104 Å². The first-order valence-electron chi connectivity index (χ1n) is 11.1. The van der Waals surface area contributed by atoms with Crippen molar-refractivity contribution in [2.24, 2.45) is 0 Å². The number of benzene rings is 2. The van der Waals surface area contributed by atoms with Crippen LogP contribution in [0, 0.1) is 41.5 Å². The van der Waals surface area contributed by atoms with E-state index in [0.29, 0.717) is 21.2 Å². The van der Waals surface area contributed by atoms with Crippen molar-refractivity contribution < 1.29 is 4.79 Å². The molecule has 0 aliphatic carbocycles. The first-order chi connectivity index (χ1) is 16.1. The number of hydrogen-bond acceptors (Lipinski definition) is 3. The van der Waals surface area contributed by atoms with Gasteiger partial charge >= 0.3 is 0 Å². The highest BCUT2D eigenvalue weighted by molar-refractivity contribution is 6.34. The number of aromatic nitrogens is 2. The van der Waals surface area contributed by atoms with Gasteiger partial charge in [0.15, 0.2) is 5.78 Å². The minimum absolute atomic E-state index is 0.0999. The Labute approximate surface area is 210 Å². The van der Waals surface area contributed by atoms with Gasteiger partial charge in [-0.2, -0.15) is 0 Å². The number of ketones is 1. The number of pyridine rings is 2. The zero-order valence-corrected chi connectivity index (χ0v) is 21.7. The molecule has 0 aliphatic rings. The lowest BCUT2D eigenvalue weighted by Gasteiger charge is -2.17. The molecule has 4 aromatic rings. The standard InChI is InChI=1S/C29H26Cl2N2O/c1-15-7-9-21(23(11-15)27-19(5)32-17(3)13-25(27)30)29(34)22-10-8-16(2)12-24(22)28-20(6)33-18(4)14-26(28)31/h7-14H,1-6H3. The van der Waals surface area contributed by atoms with Gasteiger partial charge < -0.3 is 0 Å². The van der Waals surface area contributed by atoms with Crippen LogP contribution in [0.5, 0.6) is 0 Å². The molecular formula is C29H26Cl2N2O. The number of nitrogens with zero attached hydrogens (tertiary/aromatic N) is 2. The molecule has 2 aromatic carbocycles. The first-order valence-corrected chi connectivity index (χ1v) is 11.9. The molecule has 34 heavy (non-hydrogen) atoms. The summed E-state index contributed by atoms with van der Waals surface area (Å²) in [5, 5.41) is 1.16. The van der Waals surface area contributed by atoms with Crippen molar-refractivity contribution in [2.45, 2.75) is 41.5 Å². The Morgan fingerprint density at radius 1 is 0.618 bits per heavy atom. The summed E-state index contributed by atoms with van der Waals surface area (Å²) in [5.41, 5.74) is 9.56. The lowest BCUT2D eigenvalue weighted by atomic mass is 9.87. The molecule has 0 fully saturated rings. The Balaban J connectivity index is 1.97. The molecular weight excluding hydrogens is 463 g/mol. The van der Waals surface area contributed by atoms with E-state index in [9.17, 15) is 4.79 Å². The Morgan fingerprint density at radius 2 is 1.00 bits per heavy atom. The summed E-state index contributed by atoms with van der Waals surface area (Å²) in [6.45, 7) is 11.7. The number of halogens is 2. The van der Waals surface area contributed by atoms with Crippen LogP contribution in [0.25, 0.3) is 22.3 Å². The summed E-state index contributed by atoms with van der Waals surface area (Å²) in [6.07, 6.45) is 0. The van der Waals surface area contributed by atoms with Gasteiger partial charge in [-0.15, -0.1) is 0 Å². The van der Waals surface area contributed by atoms with Gasteiger partial charge in [-0.05, 0) is 64.8 Å². The maximum atomic E-state index is 14.1. The molecule has 0 aliphatic heterocycles. The Morgan fingerprint density at radius 3 is 1.35 bits per heavy atom. The van der Waals surface area contributed by atoms with Crippen molar-refractivity contribution in [1.29, 1.82) is 0 Å². The zero-order valence-electron chi connectivity index (χ0n) is 20.2. The van der Waals surface area contributed by atoms with Crippen LogP contribution >= 0.6 is 23.2 Å². The van der Waals surface area contributed by atoms with Crippen LogP contribution in [-0.4, -0.2) is 15.8 Å². The SMILES string of the molecule is Cc1ccc(C(=O)c2ccc(C)cc2-c2c(Cl)cc(C)nc2C)c(-c2c(Cl)cc(C)nc2C)c1. The van der Waals surface area contributed by atoms with Crippen LogP contribution in [0.1, 0.15) is 49.8 Å². The lowest BCUT2D eigenvalue weighted by Crippen LogP contribution is -2.08. The molecule has 3 nitrogen and oxygen atoms in total. The second-order valence-corrected chi connectivity index (χ2v) is 9.65. The van der Waals surface area contributed by atoms with Crippen LogP contribution in [-0.2, 0) is 0 Å². The average Bonchev–Trinajstić information content (AvgIpc) is 2.72. The fourth-order valence-electron chi connectivity index (χ4n) is 4.48. The molecule has 0 N–H and O–H groups in total. The van der Waals surface area contributed by atoms with E-state index in [1.54, 1.807) is 0 Å². The summed E-state index contributed by atoms with van der Waals surface area (Å²) < 4.78 is 0. The van der Waals surface area contributed by atoms with Gasteiger partial charge in [0.1, 0.15) is 0 Å². The number of carbonyl (C=O) groups excluding carboxylic acids is 1. The van der Waals surface area contributed by atoms with Gasteiger partial charge in [0, 0.05) is 45.0 Å². The molecule has 0 radical (unpaired) electrons. The first kappa shape index (κ1) is 24.1. The van der Waals surface area contributed by atoms with Gasteiger partial charge in [-0.1, -0.05) is 70.7 Å². The summed E-state index contributed by atoms with van der Waals surface area (Å²) in [6, 6.07) is 15.3. The number of carbonyl (C=O) groups is 1. The van der Waals surface area contributed by atoms with E-state index in [-0.39, 0.29) is 5.78 Å². The predicted octanol–water partition coefficient (Wildman–Crippen LogP) is 8.20. The van der Waals surface area contributed by atoms with Gasteiger partial charge in [-0.25, -0.2) is 0 Å². The van der Waals surface area contributed by atoms with Crippen molar-refractivity contribution in [1.82, 2.24) is 9.97 Å². The van der Waals surface area contributed by atoms with Crippen molar-refractivity contribution >= 4 is 29.0 Å². The number of aryl methyl sites for hydroxylation is 6. The number of hydrogen-bond donors (Lipinski definition) is 0. The van der Waals surface area contributed by atoms with Crippen molar-refractivity contribution in [3.8, 4) is 22.3 Å². The summed E-state index contributed by atoms with van der Waals surface area (Å²) in [7, 11) is 0. The quantitative estimate of drug-likeness (QED) is 0.271. The third-order valence-corrected chi connectivity index (χ3v) is 6.53. The average molecular weight is 489 g/mol. The predicted molar refractivity (Wildman–Crippen MR) is 141 cm³/mol. The van der Waals surface area contributed by atoms with E-state index in [1.807, 2.05) is 90.1 Å². The van der Waals surface area contributed by atoms with E-state index < -0.39 is 0 Å². The highest BCUT2D eigenvalue weighted by Gasteiger charge is 2.23. The largest absolute Gasteiger partial charge is 0.289 e. The molecule has 0 unspecified atom stereocenters. The normalized spacial score (nSPS) is 11.1. The Kier molecular flexibility index (Phi) is 6.62. The summed E-state index contributed by atoms with van der Waals surface area (Å²) >= 11 is 13.3. The zero-order chi connectivity index (χ0) is 24.7. The molecule has 0 spiro atoms. The third kappa shape index (κ3) is 4.51. The van der Waals surface area contributed by atoms with Crippen LogP contribution in [0.4, 0.5) is 0 Å². The molecule has 172 valence electrons. The van der Waals surface area contributed by atoms with Crippen LogP contribution in [0.15, 0.2) is 48.5 Å². The molecule has 0 amide bonds. The van der Waals surface area contributed by atoms with Gasteiger partial charge in [0.2, 0.25) is 0 Å². The minimum atomic E-state index is -0.0999. The monoisotopic (exact) mass is 488 g/mol. The van der Waals surface area contributed by atoms with Crippen molar-refractivity contribution in [2.75, 3.05) is 0 Å². The molecule has 4 rings (SSSR count). The van der Waals surface area contributed by atoms with E-state index in [4.69, 9.17) is 23.2 Å². The molecule has 5 heteroatoms. The Bertz CT molecular complexity index is 1300. The van der Waals surface area contributed by atoms with E-state index >= 15 is 0 Å². The molecule has 0 atom stereocenters. The molecule has 2 aromatic heterocycles. The Hall–Kier alpha value is -3.01. The molecule has 0 saturated heterocycles. The third-order valence-electron chi connectivity index (χ3n) is 5.94.